The van der Waals surface area contributed by atoms with Gasteiger partial charge in [-0.25, -0.2) is 10.2 Å². The Morgan fingerprint density at radius 3 is 2.26 bits per heavy atom. The van der Waals surface area contributed by atoms with Crippen LogP contribution in [0.2, 0.25) is 0 Å². The number of hydrazone groups is 1. The maximum atomic E-state index is 12.6. The van der Waals surface area contributed by atoms with Gasteiger partial charge in [0.05, 0.1) is 17.3 Å². The topological polar surface area (TPSA) is 108 Å². The number of alkyl halides is 3. The number of carboxylic acids is 1. The van der Waals surface area contributed by atoms with Gasteiger partial charge in [-0.05, 0) is 35.9 Å². The van der Waals surface area contributed by atoms with Gasteiger partial charge in [-0.1, -0.05) is 18.2 Å². The van der Waals surface area contributed by atoms with Gasteiger partial charge in [0.2, 0.25) is 0 Å². The van der Waals surface area contributed by atoms with E-state index in [1.54, 1.807) is 0 Å². The van der Waals surface area contributed by atoms with E-state index in [1.807, 2.05) is 10.7 Å². The summed E-state index contributed by atoms with van der Waals surface area (Å²) in [5, 5.41) is 14.3. The number of rotatable bonds is 4. The van der Waals surface area contributed by atoms with Crippen LogP contribution in [0.3, 0.4) is 0 Å². The lowest BCUT2D eigenvalue weighted by Gasteiger charge is -2.09. The third kappa shape index (κ3) is 5.66. The number of carboxylic acid groups (broad SMARTS) is 1. The van der Waals surface area contributed by atoms with Crippen LogP contribution in [-0.4, -0.2) is 29.1 Å². The Balaban J connectivity index is 1.94. The molecule has 2 aromatic carbocycles. The van der Waals surface area contributed by atoms with E-state index >= 15 is 0 Å². The van der Waals surface area contributed by atoms with Gasteiger partial charge < -0.3 is 10.4 Å². The molecule has 2 aromatic rings. The lowest BCUT2D eigenvalue weighted by molar-refractivity contribution is -0.137. The quantitative estimate of drug-likeness (QED) is 0.431. The van der Waals surface area contributed by atoms with E-state index < -0.39 is 29.5 Å². The Labute approximate surface area is 150 Å². The van der Waals surface area contributed by atoms with Crippen molar-refractivity contribution in [2.45, 2.75) is 6.18 Å². The highest BCUT2D eigenvalue weighted by Crippen LogP contribution is 2.30. The number of amides is 2. The zero-order valence-corrected chi connectivity index (χ0v) is 13.4. The fourth-order valence-corrected chi connectivity index (χ4v) is 1.89. The SMILES string of the molecule is O=C(N/N=C\c1ccc(C(=O)O)cc1)C(=O)Nc1cccc(C(F)(F)F)c1. The van der Waals surface area contributed by atoms with Crippen LogP contribution < -0.4 is 10.7 Å². The number of nitrogens with zero attached hydrogens (tertiary/aromatic N) is 1. The number of benzene rings is 2. The van der Waals surface area contributed by atoms with Gasteiger partial charge in [-0.2, -0.15) is 18.3 Å². The number of hydrogen-bond acceptors (Lipinski definition) is 4. The minimum Gasteiger partial charge on any atom is -0.478 e. The van der Waals surface area contributed by atoms with E-state index in [0.717, 1.165) is 12.1 Å². The summed E-state index contributed by atoms with van der Waals surface area (Å²) in [6, 6.07) is 9.33. The van der Waals surface area contributed by atoms with Crippen LogP contribution >= 0.6 is 0 Å². The molecule has 0 fully saturated rings. The Kier molecular flexibility index (Phi) is 5.91. The monoisotopic (exact) mass is 379 g/mol. The minimum atomic E-state index is -4.58. The number of nitrogens with one attached hydrogen (secondary N) is 2. The standard InChI is InChI=1S/C17H12F3N3O4/c18-17(19,20)12-2-1-3-13(8-12)22-14(24)15(25)23-21-9-10-4-6-11(7-5-10)16(26)27/h1-9H,(H,22,24)(H,23,25)(H,26,27)/b21-9-. The molecule has 0 aliphatic rings. The number of aromatic carboxylic acids is 1. The van der Waals surface area contributed by atoms with Gasteiger partial charge in [0.1, 0.15) is 0 Å². The van der Waals surface area contributed by atoms with Crippen molar-refractivity contribution in [3.63, 3.8) is 0 Å². The van der Waals surface area contributed by atoms with Crippen molar-refractivity contribution in [1.82, 2.24) is 5.43 Å². The second-order valence-electron chi connectivity index (χ2n) is 5.16. The summed E-state index contributed by atoms with van der Waals surface area (Å²) in [5.74, 6) is -3.49. The van der Waals surface area contributed by atoms with E-state index in [9.17, 15) is 27.6 Å². The maximum absolute atomic E-state index is 12.6. The molecular weight excluding hydrogens is 367 g/mol. The summed E-state index contributed by atoms with van der Waals surface area (Å²) in [5.41, 5.74) is 1.27. The molecule has 2 amide bonds. The number of anilines is 1. The van der Waals surface area contributed by atoms with Crippen LogP contribution in [0.25, 0.3) is 0 Å². The number of hydrogen-bond donors (Lipinski definition) is 3. The average molecular weight is 379 g/mol. The van der Waals surface area contributed by atoms with Gasteiger partial charge in [0.25, 0.3) is 0 Å². The fourth-order valence-electron chi connectivity index (χ4n) is 1.89. The predicted octanol–water partition coefficient (Wildman–Crippen LogP) is 2.49. The summed E-state index contributed by atoms with van der Waals surface area (Å²) >= 11 is 0. The number of carbonyl (C=O) groups excluding carboxylic acids is 2. The molecule has 0 saturated carbocycles. The van der Waals surface area contributed by atoms with Gasteiger partial charge in [0.15, 0.2) is 0 Å². The molecule has 0 bridgehead atoms. The third-order valence-electron chi connectivity index (χ3n) is 3.19. The molecule has 2 rings (SSSR count). The highest BCUT2D eigenvalue weighted by Gasteiger charge is 2.30. The molecule has 0 heterocycles. The highest BCUT2D eigenvalue weighted by atomic mass is 19.4. The first kappa shape index (κ1) is 19.6. The van der Waals surface area contributed by atoms with Crippen LogP contribution in [0.1, 0.15) is 21.5 Å². The van der Waals surface area contributed by atoms with Crippen molar-refractivity contribution in [1.29, 1.82) is 0 Å². The van der Waals surface area contributed by atoms with E-state index in [-0.39, 0.29) is 11.3 Å². The third-order valence-corrected chi connectivity index (χ3v) is 3.19. The van der Waals surface area contributed by atoms with Crippen LogP contribution in [0.4, 0.5) is 18.9 Å². The summed E-state index contributed by atoms with van der Waals surface area (Å²) in [4.78, 5) is 34.0. The summed E-state index contributed by atoms with van der Waals surface area (Å²) < 4.78 is 37.9. The van der Waals surface area contributed by atoms with Gasteiger partial charge >= 0.3 is 24.0 Å². The molecule has 0 spiro atoms. The molecular formula is C17H12F3N3O4. The first-order chi connectivity index (χ1) is 12.7. The molecule has 3 N–H and O–H groups in total. The molecule has 27 heavy (non-hydrogen) atoms. The van der Waals surface area contributed by atoms with Crippen LogP contribution in [0.15, 0.2) is 53.6 Å². The zero-order chi connectivity index (χ0) is 20.0. The van der Waals surface area contributed by atoms with Gasteiger partial charge in [-0.15, -0.1) is 0 Å². The van der Waals surface area contributed by atoms with E-state index in [1.165, 1.54) is 36.5 Å². The highest BCUT2D eigenvalue weighted by molar-refractivity contribution is 6.39. The van der Waals surface area contributed by atoms with Crippen LogP contribution in [-0.2, 0) is 15.8 Å². The summed E-state index contributed by atoms with van der Waals surface area (Å²) in [6.45, 7) is 0. The summed E-state index contributed by atoms with van der Waals surface area (Å²) in [7, 11) is 0. The van der Waals surface area contributed by atoms with E-state index in [0.29, 0.717) is 11.6 Å². The molecule has 0 saturated heterocycles. The molecule has 0 aliphatic heterocycles. The lowest BCUT2D eigenvalue weighted by Crippen LogP contribution is -2.32. The molecule has 0 atom stereocenters. The van der Waals surface area contributed by atoms with Gasteiger partial charge in [0, 0.05) is 5.69 Å². The normalized spacial score (nSPS) is 11.2. The molecule has 0 aromatic heterocycles. The van der Waals surface area contributed by atoms with E-state index in [2.05, 4.69) is 5.10 Å². The van der Waals surface area contributed by atoms with Crippen LogP contribution in [0.5, 0.6) is 0 Å². The molecule has 7 nitrogen and oxygen atoms in total. The minimum absolute atomic E-state index is 0.0663. The van der Waals surface area contributed by atoms with Crippen molar-refractivity contribution in [2.75, 3.05) is 5.32 Å². The lowest BCUT2D eigenvalue weighted by atomic mass is 10.1. The first-order valence-electron chi connectivity index (χ1n) is 7.32. The number of carbonyl (C=O) groups is 3. The molecule has 10 heteroatoms. The van der Waals surface area contributed by atoms with Crippen molar-refractivity contribution < 1.29 is 32.7 Å². The van der Waals surface area contributed by atoms with Crippen molar-refractivity contribution in [3.8, 4) is 0 Å². The predicted molar refractivity (Wildman–Crippen MR) is 89.2 cm³/mol. The molecule has 140 valence electrons. The van der Waals surface area contributed by atoms with Crippen molar-refractivity contribution >= 4 is 29.7 Å². The second-order valence-corrected chi connectivity index (χ2v) is 5.16. The largest absolute Gasteiger partial charge is 0.478 e. The fraction of sp³-hybridized carbons (Fsp3) is 0.0588. The average Bonchev–Trinajstić information content (AvgIpc) is 2.61. The first-order valence-corrected chi connectivity index (χ1v) is 7.32. The molecule has 0 unspecified atom stereocenters. The maximum Gasteiger partial charge on any atom is 0.416 e. The molecule has 0 radical (unpaired) electrons. The van der Waals surface area contributed by atoms with Gasteiger partial charge in [-0.3, -0.25) is 9.59 Å². The van der Waals surface area contributed by atoms with Crippen LogP contribution in [0, 0.1) is 0 Å². The number of halogens is 3. The smallest absolute Gasteiger partial charge is 0.416 e. The Bertz CT molecular complexity index is 893. The Hall–Kier alpha value is -3.69. The Morgan fingerprint density at radius 2 is 1.67 bits per heavy atom. The van der Waals surface area contributed by atoms with Crippen molar-refractivity contribution in [3.05, 3.63) is 65.2 Å². The molecule has 0 aliphatic carbocycles. The second kappa shape index (κ2) is 8.13. The Morgan fingerprint density at radius 1 is 1.00 bits per heavy atom. The van der Waals surface area contributed by atoms with Crippen molar-refractivity contribution in [2.24, 2.45) is 5.10 Å². The zero-order valence-electron chi connectivity index (χ0n) is 13.4. The van der Waals surface area contributed by atoms with E-state index in [4.69, 9.17) is 5.11 Å². The summed E-state index contributed by atoms with van der Waals surface area (Å²) in [6.07, 6.45) is -3.41.